The van der Waals surface area contributed by atoms with Crippen LogP contribution in [0.1, 0.15) is 60.3 Å². The number of hydrogen-bond donors (Lipinski definition) is 2. The highest BCUT2D eigenvalue weighted by molar-refractivity contribution is 7.32. The second kappa shape index (κ2) is 8.38. The van der Waals surface area contributed by atoms with Crippen LogP contribution in [0.15, 0.2) is 0 Å². The molecule has 1 amide bonds. The van der Waals surface area contributed by atoms with E-state index in [1.807, 2.05) is 34.6 Å². The molecule has 0 radical (unpaired) electrons. The molecule has 1 aliphatic heterocycles. The molecule has 0 saturated carbocycles. The van der Waals surface area contributed by atoms with Crippen molar-refractivity contribution < 1.29 is 23.5 Å². The molecule has 1 saturated heterocycles. The molecule has 8 heteroatoms. The van der Waals surface area contributed by atoms with Crippen LogP contribution in [0.2, 0.25) is 0 Å². The number of carbonyl (C=O) groups excluding carboxylic acids is 1. The summed E-state index contributed by atoms with van der Waals surface area (Å²) in [6.45, 7) is 10.8. The summed E-state index contributed by atoms with van der Waals surface area (Å²) in [4.78, 5) is 23.1. The average molecular weight is 349 g/mol. The Kier molecular flexibility index (Phi) is 7.39. The number of hydrogen-bond acceptors (Lipinski definition) is 5. The van der Waals surface area contributed by atoms with Gasteiger partial charge in [0.15, 0.2) is 5.72 Å². The van der Waals surface area contributed by atoms with E-state index in [0.29, 0.717) is 25.9 Å². The third-order valence-corrected chi connectivity index (χ3v) is 4.64. The van der Waals surface area contributed by atoms with Crippen molar-refractivity contribution in [1.82, 2.24) is 10.2 Å². The van der Waals surface area contributed by atoms with Crippen molar-refractivity contribution in [2.75, 3.05) is 13.1 Å². The summed E-state index contributed by atoms with van der Waals surface area (Å²) in [7, 11) is -2.65. The number of likely N-dealkylation sites (tertiary alicyclic amines) is 1. The minimum absolute atomic E-state index is 0.0513. The van der Waals surface area contributed by atoms with Gasteiger partial charge in [0.2, 0.25) is 0 Å². The minimum Gasteiger partial charge on any atom is -0.444 e. The maximum absolute atomic E-state index is 11.8. The monoisotopic (exact) mass is 349 g/mol. The zero-order valence-corrected chi connectivity index (χ0v) is 15.7. The lowest BCUT2D eigenvalue weighted by Gasteiger charge is -2.42. The molecule has 134 valence electrons. The quantitative estimate of drug-likeness (QED) is 0.716. The third-order valence-electron chi connectivity index (χ3n) is 4.15. The maximum atomic E-state index is 11.8. The lowest BCUT2D eigenvalue weighted by Crippen LogP contribution is -2.55. The van der Waals surface area contributed by atoms with E-state index >= 15 is 0 Å². The molecule has 1 unspecified atom stereocenters. The minimum atomic E-state index is -2.65. The van der Waals surface area contributed by atoms with Gasteiger partial charge in [-0.25, -0.2) is 4.79 Å². The van der Waals surface area contributed by atoms with Crippen molar-refractivity contribution in [2.45, 2.75) is 77.7 Å². The number of amides is 1. The number of alkyl carbamates (subject to hydrolysis) is 1. The highest BCUT2D eigenvalue weighted by atomic mass is 31.1. The van der Waals surface area contributed by atoms with Crippen molar-refractivity contribution in [2.24, 2.45) is 0 Å². The molecule has 0 spiro atoms. The molecule has 1 rings (SSSR count). The Morgan fingerprint density at radius 1 is 1.26 bits per heavy atom. The van der Waals surface area contributed by atoms with E-state index in [9.17, 15) is 9.36 Å². The first-order valence-corrected chi connectivity index (χ1v) is 9.34. The average Bonchev–Trinajstić information content (AvgIpc) is 2.43. The third kappa shape index (κ3) is 6.34. The van der Waals surface area contributed by atoms with Crippen molar-refractivity contribution >= 4 is 14.3 Å². The number of nitrogens with one attached hydrogen (secondary N) is 1. The van der Waals surface area contributed by atoms with Crippen LogP contribution in [0.25, 0.3) is 0 Å². The van der Waals surface area contributed by atoms with Crippen LogP contribution in [-0.2, 0) is 13.8 Å². The fourth-order valence-electron chi connectivity index (χ4n) is 2.93. The molecule has 2 N–H and O–H groups in total. The summed E-state index contributed by atoms with van der Waals surface area (Å²) in [6.07, 6.45) is 2.38. The molecule has 1 aliphatic rings. The summed E-state index contributed by atoms with van der Waals surface area (Å²) < 4.78 is 21.7. The van der Waals surface area contributed by atoms with Gasteiger partial charge in [-0.2, -0.15) is 0 Å². The summed E-state index contributed by atoms with van der Waals surface area (Å²) >= 11 is 0. The smallest absolute Gasteiger partial charge is 0.444 e. The van der Waals surface area contributed by atoms with Crippen LogP contribution in [-0.4, -0.2) is 46.3 Å². The second-order valence-electron chi connectivity index (χ2n) is 6.89. The van der Waals surface area contributed by atoms with E-state index < -0.39 is 25.7 Å². The molecule has 1 atom stereocenters. The zero-order valence-electron chi connectivity index (χ0n) is 14.8. The van der Waals surface area contributed by atoms with Crippen molar-refractivity contribution in [3.8, 4) is 0 Å². The summed E-state index contributed by atoms with van der Waals surface area (Å²) in [5, 5.41) is 2.89. The van der Waals surface area contributed by atoms with Gasteiger partial charge in [0.05, 0.1) is 0 Å². The Hall–Kier alpha value is -0.750. The Bertz CT molecular complexity index is 413. The molecule has 0 aromatic heterocycles. The fraction of sp³-hybridized carbons (Fsp3) is 0.933. The van der Waals surface area contributed by atoms with Crippen LogP contribution in [0.4, 0.5) is 4.79 Å². The van der Waals surface area contributed by atoms with Gasteiger partial charge in [0.1, 0.15) is 5.60 Å². The van der Waals surface area contributed by atoms with Gasteiger partial charge in [-0.1, -0.05) is 18.4 Å². The molecule has 0 aromatic rings. The lowest BCUT2D eigenvalue weighted by atomic mass is 9.98. The molecule has 0 bridgehead atoms. The van der Waals surface area contributed by atoms with E-state index in [2.05, 4.69) is 10.2 Å². The number of rotatable bonds is 6. The number of piperidine rings is 1. The molecule has 0 aromatic carbocycles. The Morgan fingerprint density at radius 2 is 1.78 bits per heavy atom. The summed E-state index contributed by atoms with van der Waals surface area (Å²) in [5.74, 6) is 0. The van der Waals surface area contributed by atoms with Gasteiger partial charge in [-0.05, 0) is 46.5 Å². The maximum Gasteiger partial charge on any atom is 0.696 e. The highest BCUT2D eigenvalue weighted by Gasteiger charge is 2.44. The first-order chi connectivity index (χ1) is 10.6. The molecule has 7 nitrogen and oxygen atoms in total. The molecule has 1 heterocycles. The first-order valence-electron chi connectivity index (χ1n) is 8.21. The van der Waals surface area contributed by atoms with Crippen molar-refractivity contribution in [3.05, 3.63) is 0 Å². The van der Waals surface area contributed by atoms with Gasteiger partial charge < -0.3 is 10.1 Å². The molecule has 23 heavy (non-hydrogen) atoms. The van der Waals surface area contributed by atoms with E-state index in [1.165, 1.54) is 0 Å². The topological polar surface area (TPSA) is 88.1 Å². The van der Waals surface area contributed by atoms with Gasteiger partial charge in [0, 0.05) is 23.7 Å². The Labute approximate surface area is 139 Å². The SMILES string of the molecule is CCC(CC)(O[P+](=O)O)N1CCC(NC(=O)OC(C)(C)C)CC1. The number of nitrogens with zero attached hydrogens (tertiary/aromatic N) is 1. The van der Waals surface area contributed by atoms with E-state index in [4.69, 9.17) is 14.2 Å². The Morgan fingerprint density at radius 3 is 2.17 bits per heavy atom. The largest absolute Gasteiger partial charge is 0.696 e. The first kappa shape index (κ1) is 20.3. The van der Waals surface area contributed by atoms with E-state index in [0.717, 1.165) is 12.8 Å². The standard InChI is InChI=1S/C15H29N2O5P/c1-6-15(7-2,22-23(19)20)17-10-8-12(9-11-17)16-13(18)21-14(3,4)5/h12H,6-11H2,1-5H3,(H-,16,18,19,20)/p+1. The summed E-state index contributed by atoms with van der Waals surface area (Å²) in [6, 6.07) is 0.0513. The van der Waals surface area contributed by atoms with Crippen molar-refractivity contribution in [3.63, 3.8) is 0 Å². The van der Waals surface area contributed by atoms with Crippen LogP contribution in [0, 0.1) is 0 Å². The van der Waals surface area contributed by atoms with E-state index in [-0.39, 0.29) is 6.04 Å². The van der Waals surface area contributed by atoms with Crippen LogP contribution >= 0.6 is 8.25 Å². The van der Waals surface area contributed by atoms with Gasteiger partial charge in [-0.3, -0.25) is 4.90 Å². The summed E-state index contributed by atoms with van der Waals surface area (Å²) in [5.41, 5.74) is -1.22. The molecule has 1 fully saturated rings. The molecule has 0 aliphatic carbocycles. The van der Waals surface area contributed by atoms with Crippen molar-refractivity contribution in [1.29, 1.82) is 0 Å². The van der Waals surface area contributed by atoms with Crippen LogP contribution < -0.4 is 5.32 Å². The highest BCUT2D eigenvalue weighted by Crippen LogP contribution is 2.36. The predicted molar refractivity (Wildman–Crippen MR) is 88.2 cm³/mol. The second-order valence-corrected chi connectivity index (χ2v) is 7.55. The zero-order chi connectivity index (χ0) is 17.7. The van der Waals surface area contributed by atoms with Gasteiger partial charge in [-0.15, -0.1) is 4.89 Å². The van der Waals surface area contributed by atoms with Crippen LogP contribution in [0.3, 0.4) is 0 Å². The lowest BCUT2D eigenvalue weighted by molar-refractivity contribution is -0.103. The predicted octanol–water partition coefficient (Wildman–Crippen LogP) is 3.16. The number of ether oxygens (including phenoxy) is 1. The number of carbonyl (C=O) groups is 1. The van der Waals surface area contributed by atoms with Gasteiger partial charge in [0.25, 0.3) is 0 Å². The molecular formula is C15H30N2O5P+. The van der Waals surface area contributed by atoms with Gasteiger partial charge >= 0.3 is 14.3 Å². The Balaban J connectivity index is 2.56. The van der Waals surface area contributed by atoms with Crippen LogP contribution in [0.5, 0.6) is 0 Å². The fourth-order valence-corrected chi connectivity index (χ4v) is 3.60. The molecular weight excluding hydrogens is 319 g/mol. The van der Waals surface area contributed by atoms with E-state index in [1.54, 1.807) is 0 Å². The normalized spacial score (nSPS) is 18.6.